The zero-order valence-electron chi connectivity index (χ0n) is 6.84. The molecule has 7 heteroatoms. The van der Waals surface area contributed by atoms with Crippen LogP contribution >= 0.6 is 11.8 Å². The summed E-state index contributed by atoms with van der Waals surface area (Å²) in [6.07, 6.45) is 4.77. The van der Waals surface area contributed by atoms with E-state index in [0.29, 0.717) is 0 Å². The van der Waals surface area contributed by atoms with Gasteiger partial charge in [-0.15, -0.1) is 0 Å². The van der Waals surface area contributed by atoms with Crippen molar-refractivity contribution in [1.82, 2.24) is 0 Å². The Morgan fingerprint density at radius 1 is 1.43 bits per heavy atom. The minimum Gasteiger partial charge on any atom is -1.00 e. The zero-order chi connectivity index (χ0) is 9.42. The van der Waals surface area contributed by atoms with Gasteiger partial charge in [-0.3, -0.25) is 4.99 Å². The summed E-state index contributed by atoms with van der Waals surface area (Å²) in [6, 6.07) is 0. The van der Waals surface area contributed by atoms with Gasteiger partial charge in [0.2, 0.25) is 10.3 Å². The predicted octanol–water partition coefficient (Wildman–Crippen LogP) is -3.07. The minimum atomic E-state index is -2.18. The molecule has 1 aliphatic heterocycles. The molecule has 76 valence electrons. The number of fused-ring (bicyclic) bond motifs is 1. The van der Waals surface area contributed by atoms with Crippen LogP contribution in [0.2, 0.25) is 0 Å². The highest BCUT2D eigenvalue weighted by atomic mass is 35.5. The number of hydrogen-bond acceptors (Lipinski definition) is 5. The molecule has 1 heterocycles. The van der Waals surface area contributed by atoms with Crippen LogP contribution in [0.25, 0.3) is 0 Å². The van der Waals surface area contributed by atoms with E-state index in [0.717, 1.165) is 10.6 Å². The second-order valence-electron chi connectivity index (χ2n) is 2.50. The number of rotatable bonds is 0. The van der Waals surface area contributed by atoms with Crippen molar-refractivity contribution in [2.75, 3.05) is 0 Å². The summed E-state index contributed by atoms with van der Waals surface area (Å²) >= 11 is 1.36. The number of halogens is 1. The monoisotopic (exact) mass is 249 g/mol. The number of thioether (sulfide) groups is 1. The smallest absolute Gasteiger partial charge is 0.221 e. The quantitative estimate of drug-likeness (QED) is 0.463. The molecule has 1 unspecified atom stereocenters. The van der Waals surface area contributed by atoms with Crippen LogP contribution < -0.4 is 18.1 Å². The van der Waals surface area contributed by atoms with Crippen LogP contribution in [0.4, 0.5) is 0 Å². The minimum absolute atomic E-state index is 0. The van der Waals surface area contributed by atoms with E-state index in [1.165, 1.54) is 17.8 Å². The summed E-state index contributed by atoms with van der Waals surface area (Å²) in [5, 5.41) is 0. The van der Waals surface area contributed by atoms with Crippen LogP contribution in [0, 0.1) is 0 Å². The Balaban J connectivity index is 0.000000980. The molecule has 0 radical (unpaired) electrons. The Morgan fingerprint density at radius 3 is 2.79 bits per heavy atom. The first-order chi connectivity index (χ1) is 6.16. The Hall–Kier alpha value is -0.560. The summed E-state index contributed by atoms with van der Waals surface area (Å²) < 4.78 is 21.2. The van der Waals surface area contributed by atoms with Crippen LogP contribution in [0.1, 0.15) is 0 Å². The Bertz CT molecular complexity index is 468. The SMILES string of the molecule is NC1N=C2C=CC(=S(=O)=O)C=C2S1.[Cl-]. The van der Waals surface area contributed by atoms with Crippen LogP contribution in [0.15, 0.2) is 28.1 Å². The predicted molar refractivity (Wildman–Crippen MR) is 54.2 cm³/mol. The Kier molecular flexibility index (Phi) is 3.54. The number of aliphatic imine (C=N–C) groups is 1. The highest BCUT2D eigenvalue weighted by Crippen LogP contribution is 2.30. The topological polar surface area (TPSA) is 72.5 Å². The van der Waals surface area contributed by atoms with Crippen molar-refractivity contribution in [3.05, 3.63) is 23.1 Å². The summed E-state index contributed by atoms with van der Waals surface area (Å²) in [6.45, 7) is 0. The van der Waals surface area contributed by atoms with Gasteiger partial charge >= 0.3 is 0 Å². The molecular formula is C7H6ClN2O2S2-. The second-order valence-corrected chi connectivity index (χ2v) is 4.60. The van der Waals surface area contributed by atoms with Gasteiger partial charge in [-0.1, -0.05) is 11.8 Å². The molecule has 0 fully saturated rings. The molecule has 2 aliphatic rings. The van der Waals surface area contributed by atoms with Crippen molar-refractivity contribution >= 4 is 32.6 Å². The molecule has 1 atom stereocenters. The molecule has 0 amide bonds. The lowest BCUT2D eigenvalue weighted by Crippen LogP contribution is -3.00. The molecule has 2 N–H and O–H groups in total. The zero-order valence-corrected chi connectivity index (χ0v) is 9.23. The van der Waals surface area contributed by atoms with Gasteiger partial charge in [0.1, 0.15) is 5.50 Å². The van der Waals surface area contributed by atoms with E-state index in [1.807, 2.05) is 0 Å². The van der Waals surface area contributed by atoms with Crippen molar-refractivity contribution in [2.45, 2.75) is 5.50 Å². The molecular weight excluding hydrogens is 244 g/mol. The van der Waals surface area contributed by atoms with Crippen LogP contribution in [0.5, 0.6) is 0 Å². The van der Waals surface area contributed by atoms with Gasteiger partial charge < -0.3 is 18.1 Å². The third-order valence-corrected chi connectivity index (χ3v) is 3.20. The maximum Gasteiger partial charge on any atom is 0.221 e. The highest BCUT2D eigenvalue weighted by molar-refractivity contribution is 8.05. The van der Waals surface area contributed by atoms with Crippen molar-refractivity contribution < 1.29 is 20.8 Å². The molecule has 0 spiro atoms. The largest absolute Gasteiger partial charge is 1.00 e. The lowest BCUT2D eigenvalue weighted by atomic mass is 10.2. The molecule has 0 bridgehead atoms. The van der Waals surface area contributed by atoms with Crippen molar-refractivity contribution in [2.24, 2.45) is 10.7 Å². The molecule has 4 nitrogen and oxygen atoms in total. The maximum absolute atomic E-state index is 10.6. The highest BCUT2D eigenvalue weighted by Gasteiger charge is 2.21. The average molecular weight is 250 g/mol. The van der Waals surface area contributed by atoms with E-state index in [-0.39, 0.29) is 22.8 Å². The molecule has 1 aliphatic carbocycles. The van der Waals surface area contributed by atoms with Crippen molar-refractivity contribution in [3.8, 4) is 0 Å². The first-order valence-corrected chi connectivity index (χ1v) is 5.49. The van der Waals surface area contributed by atoms with E-state index < -0.39 is 10.3 Å². The summed E-state index contributed by atoms with van der Waals surface area (Å²) in [7, 11) is -2.18. The number of nitrogens with zero attached hydrogens (tertiary/aromatic N) is 1. The van der Waals surface area contributed by atoms with Gasteiger partial charge in [0.05, 0.1) is 10.6 Å². The van der Waals surface area contributed by atoms with Crippen LogP contribution in [0.3, 0.4) is 0 Å². The summed E-state index contributed by atoms with van der Waals surface area (Å²) in [5.41, 5.74) is 6.02. The first kappa shape index (κ1) is 11.5. The normalized spacial score (nSPS) is 23.5. The van der Waals surface area contributed by atoms with E-state index in [4.69, 9.17) is 5.73 Å². The van der Waals surface area contributed by atoms with Crippen LogP contribution in [-0.2, 0) is 10.3 Å². The van der Waals surface area contributed by atoms with E-state index in [9.17, 15) is 8.42 Å². The molecule has 0 aromatic carbocycles. The summed E-state index contributed by atoms with van der Waals surface area (Å²) in [5.74, 6) is 0. The average Bonchev–Trinajstić information content (AvgIpc) is 2.42. The molecule has 0 aromatic rings. The summed E-state index contributed by atoms with van der Waals surface area (Å²) in [4.78, 5) is 5.19. The van der Waals surface area contributed by atoms with Gasteiger partial charge in [0, 0.05) is 4.91 Å². The number of nitrogens with two attached hydrogens (primary N) is 1. The number of hydrogen-bond donors (Lipinski definition) is 1. The van der Waals surface area contributed by atoms with E-state index >= 15 is 0 Å². The molecule has 0 saturated heterocycles. The number of allylic oxidation sites excluding steroid dienone is 4. The molecule has 2 rings (SSSR count). The third-order valence-electron chi connectivity index (χ3n) is 1.64. The fraction of sp³-hybridized carbons (Fsp3) is 0.143. The maximum atomic E-state index is 10.6. The first-order valence-electron chi connectivity index (χ1n) is 3.53. The van der Waals surface area contributed by atoms with Gasteiger partial charge in [-0.2, -0.15) is 8.42 Å². The van der Waals surface area contributed by atoms with Crippen LogP contribution in [-0.4, -0.2) is 24.5 Å². The van der Waals surface area contributed by atoms with E-state index in [2.05, 4.69) is 4.99 Å². The van der Waals surface area contributed by atoms with Gasteiger partial charge in [0.25, 0.3) is 0 Å². The second kappa shape index (κ2) is 4.31. The Morgan fingerprint density at radius 2 is 2.14 bits per heavy atom. The van der Waals surface area contributed by atoms with Crippen molar-refractivity contribution in [1.29, 1.82) is 0 Å². The molecule has 0 saturated carbocycles. The standard InChI is InChI=1S/C7H6N2O2S2.ClH/c8-7-9-5-2-1-4(13(10)11)3-6(5)12-7;/h1-3,7H,8H2;1H/p-1. The van der Waals surface area contributed by atoms with Gasteiger partial charge in [0.15, 0.2) is 0 Å². The van der Waals surface area contributed by atoms with Crippen molar-refractivity contribution in [3.63, 3.8) is 0 Å². The molecule has 14 heavy (non-hydrogen) atoms. The fourth-order valence-corrected chi connectivity index (χ4v) is 2.42. The Labute approximate surface area is 92.9 Å². The third kappa shape index (κ3) is 2.09. The lowest BCUT2D eigenvalue weighted by Gasteiger charge is -2.01. The fourth-order valence-electron chi connectivity index (χ4n) is 1.09. The van der Waals surface area contributed by atoms with Gasteiger partial charge in [-0.25, -0.2) is 0 Å². The van der Waals surface area contributed by atoms with Gasteiger partial charge in [-0.05, 0) is 18.2 Å². The lowest BCUT2D eigenvalue weighted by molar-refractivity contribution is -0.00000465. The van der Waals surface area contributed by atoms with E-state index in [1.54, 1.807) is 12.2 Å². The molecule has 0 aromatic heterocycles.